The molecule has 5 nitrogen and oxygen atoms in total. The van der Waals surface area contributed by atoms with Crippen LogP contribution in [0.4, 0.5) is 0 Å². The fourth-order valence-electron chi connectivity index (χ4n) is 1.33. The minimum atomic E-state index is -0.989. The van der Waals surface area contributed by atoms with Gasteiger partial charge in [0, 0.05) is 19.6 Å². The average molecular weight is 174 g/mol. The largest absolute Gasteiger partial charge is 0.480 e. The summed E-state index contributed by atoms with van der Waals surface area (Å²) in [6, 6.07) is -0.838. The lowest BCUT2D eigenvalue weighted by molar-refractivity contribution is -0.138. The summed E-state index contributed by atoms with van der Waals surface area (Å²) in [5.41, 5.74) is 5.32. The van der Waals surface area contributed by atoms with Crippen molar-refractivity contribution in [2.45, 2.75) is 18.6 Å². The Labute approximate surface area is 70.8 Å². The summed E-state index contributed by atoms with van der Waals surface area (Å²) in [4.78, 5) is 12.2. The molecule has 1 fully saturated rings. The highest BCUT2D eigenvalue weighted by Gasteiger charge is 2.23. The van der Waals surface area contributed by atoms with E-state index in [1.807, 2.05) is 4.90 Å². The number of aliphatic hydroxyl groups excluding tert-OH is 1. The Morgan fingerprint density at radius 2 is 2.42 bits per heavy atom. The third-order valence-electron chi connectivity index (χ3n) is 2.02. The van der Waals surface area contributed by atoms with Gasteiger partial charge in [-0.25, -0.2) is 0 Å². The van der Waals surface area contributed by atoms with Gasteiger partial charge in [-0.1, -0.05) is 0 Å². The van der Waals surface area contributed by atoms with Crippen LogP contribution in [0.25, 0.3) is 0 Å². The number of hydrogen-bond acceptors (Lipinski definition) is 4. The number of likely N-dealkylation sites (tertiary alicyclic amines) is 1. The monoisotopic (exact) mass is 174 g/mol. The molecule has 1 saturated heterocycles. The Morgan fingerprint density at radius 1 is 1.75 bits per heavy atom. The topological polar surface area (TPSA) is 86.8 Å². The van der Waals surface area contributed by atoms with Crippen molar-refractivity contribution < 1.29 is 15.0 Å². The van der Waals surface area contributed by atoms with Crippen molar-refractivity contribution in [2.75, 3.05) is 19.6 Å². The number of carboxylic acid groups (broad SMARTS) is 1. The molecule has 0 spiro atoms. The molecule has 0 aromatic carbocycles. The van der Waals surface area contributed by atoms with Gasteiger partial charge in [0.1, 0.15) is 6.04 Å². The lowest BCUT2D eigenvalue weighted by atomic mass is 10.3. The summed E-state index contributed by atoms with van der Waals surface area (Å²) in [5, 5.41) is 17.6. The second kappa shape index (κ2) is 3.84. The van der Waals surface area contributed by atoms with Crippen LogP contribution in [-0.4, -0.2) is 52.9 Å². The second-order valence-corrected chi connectivity index (χ2v) is 3.15. The summed E-state index contributed by atoms with van der Waals surface area (Å²) in [6.07, 6.45) is 0.401. The van der Waals surface area contributed by atoms with Crippen LogP contribution < -0.4 is 5.73 Å². The normalized spacial score (nSPS) is 27.3. The molecule has 0 aromatic rings. The molecule has 2 unspecified atom stereocenters. The molecule has 0 aliphatic carbocycles. The van der Waals surface area contributed by atoms with Crippen molar-refractivity contribution in [2.24, 2.45) is 5.73 Å². The van der Waals surface area contributed by atoms with Gasteiger partial charge in [-0.15, -0.1) is 0 Å². The molecule has 2 atom stereocenters. The molecule has 0 radical (unpaired) electrons. The highest BCUT2D eigenvalue weighted by molar-refractivity contribution is 5.73. The molecule has 1 rings (SSSR count). The van der Waals surface area contributed by atoms with Crippen LogP contribution in [0.2, 0.25) is 0 Å². The second-order valence-electron chi connectivity index (χ2n) is 3.15. The molecule has 0 bridgehead atoms. The molecule has 1 aliphatic rings. The maximum absolute atomic E-state index is 10.4. The third-order valence-corrected chi connectivity index (χ3v) is 2.02. The van der Waals surface area contributed by atoms with Crippen LogP contribution in [0.1, 0.15) is 6.42 Å². The van der Waals surface area contributed by atoms with E-state index in [9.17, 15) is 4.79 Å². The number of nitrogens with two attached hydrogens (primary N) is 1. The predicted octanol–water partition coefficient (Wildman–Crippen LogP) is -1.54. The number of carboxylic acids is 1. The Kier molecular flexibility index (Phi) is 3.02. The van der Waals surface area contributed by atoms with E-state index < -0.39 is 12.0 Å². The molecular weight excluding hydrogens is 160 g/mol. The number of aliphatic carboxylic acids is 1. The standard InChI is InChI=1S/C7H14N2O3/c8-6(7(11)12)4-9-2-1-5(10)3-9/h5-6,10H,1-4,8H2,(H,11,12). The molecule has 4 N–H and O–H groups in total. The van der Waals surface area contributed by atoms with E-state index in [0.717, 1.165) is 6.54 Å². The number of rotatable bonds is 3. The lowest BCUT2D eigenvalue weighted by Crippen LogP contribution is -2.42. The molecule has 5 heteroatoms. The predicted molar refractivity (Wildman–Crippen MR) is 42.7 cm³/mol. The Morgan fingerprint density at radius 3 is 2.83 bits per heavy atom. The minimum absolute atomic E-state index is 0.314. The van der Waals surface area contributed by atoms with Crippen LogP contribution in [0.15, 0.2) is 0 Å². The van der Waals surface area contributed by atoms with Crippen LogP contribution in [0.3, 0.4) is 0 Å². The van der Waals surface area contributed by atoms with Gasteiger partial charge in [0.05, 0.1) is 6.10 Å². The fourth-order valence-corrected chi connectivity index (χ4v) is 1.33. The van der Waals surface area contributed by atoms with E-state index >= 15 is 0 Å². The summed E-state index contributed by atoms with van der Waals surface area (Å²) in [5.74, 6) is -0.989. The first-order valence-corrected chi connectivity index (χ1v) is 3.98. The van der Waals surface area contributed by atoms with Crippen molar-refractivity contribution >= 4 is 5.97 Å². The number of aliphatic hydroxyl groups is 1. The van der Waals surface area contributed by atoms with Crippen LogP contribution in [0, 0.1) is 0 Å². The average Bonchev–Trinajstić information content (AvgIpc) is 2.35. The Hall–Kier alpha value is -0.650. The van der Waals surface area contributed by atoms with Crippen LogP contribution in [0.5, 0.6) is 0 Å². The first-order chi connectivity index (χ1) is 5.59. The highest BCUT2D eigenvalue weighted by Crippen LogP contribution is 2.08. The van der Waals surface area contributed by atoms with Crippen molar-refractivity contribution in [3.05, 3.63) is 0 Å². The molecule has 1 aliphatic heterocycles. The van der Waals surface area contributed by atoms with Crippen LogP contribution >= 0.6 is 0 Å². The molecule has 0 amide bonds. The fraction of sp³-hybridized carbons (Fsp3) is 0.857. The molecule has 0 aromatic heterocycles. The zero-order chi connectivity index (χ0) is 9.14. The van der Waals surface area contributed by atoms with E-state index in [0.29, 0.717) is 19.5 Å². The maximum atomic E-state index is 10.4. The third kappa shape index (κ3) is 2.44. The summed E-state index contributed by atoms with van der Waals surface area (Å²) in [6.45, 7) is 1.61. The first-order valence-electron chi connectivity index (χ1n) is 3.98. The number of β-amino-alcohol motifs (C(OH)–C–C–N with tert-alkyl or cyclic N) is 1. The maximum Gasteiger partial charge on any atom is 0.321 e. The van der Waals surface area contributed by atoms with E-state index in [1.165, 1.54) is 0 Å². The smallest absolute Gasteiger partial charge is 0.321 e. The highest BCUT2D eigenvalue weighted by atomic mass is 16.4. The van der Waals surface area contributed by atoms with Gasteiger partial charge in [0.2, 0.25) is 0 Å². The van der Waals surface area contributed by atoms with Crippen molar-refractivity contribution in [3.8, 4) is 0 Å². The first kappa shape index (κ1) is 9.44. The molecular formula is C7H14N2O3. The molecule has 12 heavy (non-hydrogen) atoms. The van der Waals surface area contributed by atoms with Gasteiger partial charge in [-0.05, 0) is 6.42 Å². The van der Waals surface area contributed by atoms with E-state index in [1.54, 1.807) is 0 Å². The molecule has 1 heterocycles. The quantitative estimate of drug-likeness (QED) is 0.483. The number of nitrogens with zero attached hydrogens (tertiary/aromatic N) is 1. The van der Waals surface area contributed by atoms with Gasteiger partial charge >= 0.3 is 5.97 Å². The van der Waals surface area contributed by atoms with Crippen molar-refractivity contribution in [1.82, 2.24) is 4.90 Å². The van der Waals surface area contributed by atoms with E-state index in [-0.39, 0.29) is 6.10 Å². The van der Waals surface area contributed by atoms with Gasteiger partial charge in [0.25, 0.3) is 0 Å². The van der Waals surface area contributed by atoms with Gasteiger partial charge in [0.15, 0.2) is 0 Å². The molecule has 70 valence electrons. The number of hydrogen-bond donors (Lipinski definition) is 3. The number of carbonyl (C=O) groups is 1. The SMILES string of the molecule is NC(CN1CCC(O)C1)C(=O)O. The zero-order valence-corrected chi connectivity index (χ0v) is 6.81. The zero-order valence-electron chi connectivity index (χ0n) is 6.81. The van der Waals surface area contributed by atoms with Crippen molar-refractivity contribution in [3.63, 3.8) is 0 Å². The Bertz CT molecular complexity index is 174. The summed E-state index contributed by atoms with van der Waals surface area (Å²) in [7, 11) is 0. The van der Waals surface area contributed by atoms with Crippen molar-refractivity contribution in [1.29, 1.82) is 0 Å². The molecule has 0 saturated carbocycles. The van der Waals surface area contributed by atoms with Gasteiger partial charge in [-0.2, -0.15) is 0 Å². The summed E-state index contributed by atoms with van der Waals surface area (Å²) >= 11 is 0. The minimum Gasteiger partial charge on any atom is -0.480 e. The summed E-state index contributed by atoms with van der Waals surface area (Å²) < 4.78 is 0. The van der Waals surface area contributed by atoms with Crippen LogP contribution in [-0.2, 0) is 4.79 Å². The van der Waals surface area contributed by atoms with Gasteiger partial charge in [-0.3, -0.25) is 9.69 Å². The Balaban J connectivity index is 2.27. The van der Waals surface area contributed by atoms with E-state index in [4.69, 9.17) is 15.9 Å². The van der Waals surface area contributed by atoms with E-state index in [2.05, 4.69) is 0 Å². The van der Waals surface area contributed by atoms with Gasteiger partial charge < -0.3 is 15.9 Å². The lowest BCUT2D eigenvalue weighted by Gasteiger charge is -2.16.